The molecule has 1 saturated heterocycles. The van der Waals surface area contributed by atoms with Gasteiger partial charge in [0, 0.05) is 20.6 Å². The number of halogens is 1. The van der Waals surface area contributed by atoms with Crippen molar-refractivity contribution in [2.75, 3.05) is 37.0 Å². The van der Waals surface area contributed by atoms with Crippen LogP contribution in [-0.2, 0) is 4.79 Å². The summed E-state index contributed by atoms with van der Waals surface area (Å²) < 4.78 is 0. The van der Waals surface area contributed by atoms with Crippen molar-refractivity contribution in [1.29, 1.82) is 0 Å². The molecule has 1 aliphatic rings. The molecule has 5 nitrogen and oxygen atoms in total. The fraction of sp³-hybridized carbons (Fsp3) is 0.462. The minimum atomic E-state index is -0.171. The summed E-state index contributed by atoms with van der Waals surface area (Å²) in [5.74, 6) is 0.0870. The summed E-state index contributed by atoms with van der Waals surface area (Å²) in [6.45, 7) is 0.799. The second kappa shape index (κ2) is 5.17. The Morgan fingerprint density at radius 3 is 2.63 bits per heavy atom. The van der Waals surface area contributed by atoms with Gasteiger partial charge in [-0.25, -0.2) is 0 Å². The lowest BCUT2D eigenvalue weighted by molar-refractivity contribution is -0.129. The zero-order chi connectivity index (χ0) is 14.2. The lowest BCUT2D eigenvalue weighted by atomic mass is 10.1. The number of hydrogen-bond acceptors (Lipinski definition) is 4. The Bertz CT molecular complexity index is 504. The van der Waals surface area contributed by atoms with E-state index in [-0.39, 0.29) is 11.9 Å². The molecular formula is C13H19ClN4O. The van der Waals surface area contributed by atoms with Crippen LogP contribution in [0.15, 0.2) is 12.1 Å². The van der Waals surface area contributed by atoms with E-state index in [4.69, 9.17) is 23.1 Å². The molecule has 0 radical (unpaired) electrons. The monoisotopic (exact) mass is 282 g/mol. The van der Waals surface area contributed by atoms with Crippen LogP contribution in [0.3, 0.4) is 0 Å². The van der Waals surface area contributed by atoms with Gasteiger partial charge in [-0.1, -0.05) is 11.6 Å². The van der Waals surface area contributed by atoms with Gasteiger partial charge in [-0.3, -0.25) is 4.79 Å². The molecule has 6 heteroatoms. The van der Waals surface area contributed by atoms with E-state index < -0.39 is 0 Å². The molecule has 1 amide bonds. The molecule has 1 aromatic carbocycles. The number of carbonyl (C=O) groups excluding carboxylic acids is 1. The lowest BCUT2D eigenvalue weighted by Crippen LogP contribution is -2.42. The molecule has 0 saturated carbocycles. The zero-order valence-corrected chi connectivity index (χ0v) is 11.9. The van der Waals surface area contributed by atoms with Gasteiger partial charge in [-0.05, 0) is 25.0 Å². The van der Waals surface area contributed by atoms with E-state index in [1.54, 1.807) is 31.1 Å². The predicted molar refractivity (Wildman–Crippen MR) is 79.3 cm³/mol. The van der Waals surface area contributed by atoms with Crippen molar-refractivity contribution in [2.24, 2.45) is 0 Å². The average molecular weight is 283 g/mol. The fourth-order valence-corrected chi connectivity index (χ4v) is 2.70. The highest BCUT2D eigenvalue weighted by atomic mass is 35.5. The van der Waals surface area contributed by atoms with Crippen LogP contribution in [0.5, 0.6) is 0 Å². The Morgan fingerprint density at radius 1 is 1.37 bits per heavy atom. The van der Waals surface area contributed by atoms with Gasteiger partial charge in [-0.2, -0.15) is 0 Å². The molecular weight excluding hydrogens is 264 g/mol. The Hall–Kier alpha value is -1.62. The van der Waals surface area contributed by atoms with Crippen molar-refractivity contribution in [3.05, 3.63) is 17.2 Å². The van der Waals surface area contributed by atoms with Gasteiger partial charge in [0.1, 0.15) is 6.04 Å². The largest absolute Gasteiger partial charge is 0.397 e. The summed E-state index contributed by atoms with van der Waals surface area (Å²) >= 11 is 6.23. The number of nitrogens with zero attached hydrogens (tertiary/aromatic N) is 2. The second-order valence-corrected chi connectivity index (χ2v) is 5.42. The first-order valence-electron chi connectivity index (χ1n) is 6.24. The van der Waals surface area contributed by atoms with E-state index in [0.717, 1.165) is 25.1 Å². The number of anilines is 3. The van der Waals surface area contributed by atoms with E-state index in [9.17, 15) is 4.79 Å². The van der Waals surface area contributed by atoms with E-state index in [1.807, 2.05) is 4.90 Å². The molecule has 4 N–H and O–H groups in total. The number of hydrogen-bond donors (Lipinski definition) is 2. The molecule has 1 heterocycles. The molecule has 1 aliphatic heterocycles. The van der Waals surface area contributed by atoms with Crippen LogP contribution in [0.4, 0.5) is 17.1 Å². The molecule has 0 aliphatic carbocycles. The Balaban J connectivity index is 2.35. The lowest BCUT2D eigenvalue weighted by Gasteiger charge is -2.29. The maximum Gasteiger partial charge on any atom is 0.244 e. The molecule has 0 spiro atoms. The third-order valence-electron chi connectivity index (χ3n) is 3.44. The number of nitrogen functional groups attached to an aromatic ring is 2. The van der Waals surface area contributed by atoms with Gasteiger partial charge in [-0.15, -0.1) is 0 Å². The van der Waals surface area contributed by atoms with Crippen LogP contribution in [-0.4, -0.2) is 37.5 Å². The summed E-state index contributed by atoms with van der Waals surface area (Å²) in [6.07, 6.45) is 1.79. The van der Waals surface area contributed by atoms with Crippen LogP contribution in [0.1, 0.15) is 12.8 Å². The molecule has 2 rings (SSSR count). The average Bonchev–Trinajstić information content (AvgIpc) is 2.81. The molecule has 0 unspecified atom stereocenters. The van der Waals surface area contributed by atoms with E-state index >= 15 is 0 Å². The van der Waals surface area contributed by atoms with E-state index in [2.05, 4.69) is 0 Å². The maximum atomic E-state index is 12.2. The summed E-state index contributed by atoms with van der Waals surface area (Å²) in [5, 5.41) is 0.533. The predicted octanol–water partition coefficient (Wildman–Crippen LogP) is 1.56. The van der Waals surface area contributed by atoms with Crippen LogP contribution in [0.25, 0.3) is 0 Å². The Labute approximate surface area is 118 Å². The number of carbonyl (C=O) groups is 1. The van der Waals surface area contributed by atoms with Crippen molar-refractivity contribution in [1.82, 2.24) is 4.90 Å². The molecule has 0 bridgehead atoms. The molecule has 1 atom stereocenters. The summed E-state index contributed by atoms with van der Waals surface area (Å²) in [4.78, 5) is 15.8. The second-order valence-electron chi connectivity index (χ2n) is 5.02. The highest BCUT2D eigenvalue weighted by Gasteiger charge is 2.33. The first-order chi connectivity index (χ1) is 8.91. The highest BCUT2D eigenvalue weighted by Crippen LogP contribution is 2.36. The number of nitrogens with two attached hydrogens (primary N) is 2. The number of amides is 1. The van der Waals surface area contributed by atoms with Crippen molar-refractivity contribution in [2.45, 2.75) is 18.9 Å². The van der Waals surface area contributed by atoms with Crippen LogP contribution >= 0.6 is 11.6 Å². The van der Waals surface area contributed by atoms with Gasteiger partial charge >= 0.3 is 0 Å². The summed E-state index contributed by atoms with van der Waals surface area (Å²) in [6, 6.07) is 3.22. The smallest absolute Gasteiger partial charge is 0.244 e. The van der Waals surface area contributed by atoms with Gasteiger partial charge in [0.05, 0.1) is 22.1 Å². The summed E-state index contributed by atoms with van der Waals surface area (Å²) in [7, 11) is 3.52. The van der Waals surface area contributed by atoms with Crippen LogP contribution in [0.2, 0.25) is 5.02 Å². The van der Waals surface area contributed by atoms with E-state index in [0.29, 0.717) is 16.4 Å². The van der Waals surface area contributed by atoms with Gasteiger partial charge in [0.15, 0.2) is 0 Å². The third-order valence-corrected chi connectivity index (χ3v) is 3.74. The van der Waals surface area contributed by atoms with Gasteiger partial charge in [0.25, 0.3) is 0 Å². The normalized spacial score (nSPS) is 18.7. The first-order valence-corrected chi connectivity index (χ1v) is 6.62. The minimum Gasteiger partial charge on any atom is -0.397 e. The quantitative estimate of drug-likeness (QED) is 0.807. The third kappa shape index (κ3) is 2.56. The van der Waals surface area contributed by atoms with Crippen molar-refractivity contribution < 1.29 is 4.79 Å². The topological polar surface area (TPSA) is 75.6 Å². The molecule has 0 aromatic heterocycles. The number of likely N-dealkylation sites (N-methyl/N-ethyl adjacent to an activating group) is 1. The number of rotatable bonds is 2. The minimum absolute atomic E-state index is 0.0870. The van der Waals surface area contributed by atoms with E-state index in [1.165, 1.54) is 0 Å². The molecule has 104 valence electrons. The van der Waals surface area contributed by atoms with Gasteiger partial charge < -0.3 is 21.3 Å². The number of benzene rings is 1. The van der Waals surface area contributed by atoms with Gasteiger partial charge in [0.2, 0.25) is 5.91 Å². The first kappa shape index (κ1) is 13.8. The van der Waals surface area contributed by atoms with Crippen LogP contribution < -0.4 is 16.4 Å². The molecule has 1 fully saturated rings. The van der Waals surface area contributed by atoms with Crippen LogP contribution in [0, 0.1) is 0 Å². The fourth-order valence-electron chi connectivity index (χ4n) is 2.42. The van der Waals surface area contributed by atoms with Crippen molar-refractivity contribution >= 4 is 34.6 Å². The van der Waals surface area contributed by atoms with Crippen molar-refractivity contribution in [3.8, 4) is 0 Å². The molecule has 19 heavy (non-hydrogen) atoms. The Kier molecular flexibility index (Phi) is 3.75. The van der Waals surface area contributed by atoms with Crippen molar-refractivity contribution in [3.63, 3.8) is 0 Å². The maximum absolute atomic E-state index is 12.2. The zero-order valence-electron chi connectivity index (χ0n) is 11.2. The Morgan fingerprint density at radius 2 is 2.00 bits per heavy atom. The summed E-state index contributed by atoms with van der Waals surface area (Å²) in [5.41, 5.74) is 13.3. The SMILES string of the molecule is CN(C)C(=O)[C@@H]1CCCN1c1cc(N)c(N)cc1Cl. The highest BCUT2D eigenvalue weighted by molar-refractivity contribution is 6.33. The molecule has 1 aromatic rings. The standard InChI is InChI=1S/C13H19ClN4O/c1-17(2)13(19)11-4-3-5-18(11)12-7-10(16)9(15)6-8(12)14/h6-7,11H,3-5,15-16H2,1-2H3/t11-/m0/s1.